The van der Waals surface area contributed by atoms with Gasteiger partial charge >= 0.3 is 0 Å². The summed E-state index contributed by atoms with van der Waals surface area (Å²) in [5.41, 5.74) is 9.79. The number of allylic oxidation sites excluding steroid dienone is 1. The molecule has 2 atom stereocenters. The van der Waals surface area contributed by atoms with Gasteiger partial charge in [0.2, 0.25) is 0 Å². The molecule has 0 saturated heterocycles. The molecule has 0 heterocycles. The predicted molar refractivity (Wildman–Crippen MR) is 132 cm³/mol. The molecule has 0 radical (unpaired) electrons. The van der Waals surface area contributed by atoms with Gasteiger partial charge in [0, 0.05) is 4.91 Å². The summed E-state index contributed by atoms with van der Waals surface area (Å²) in [5.74, 6) is 0.791. The van der Waals surface area contributed by atoms with Crippen LogP contribution in [0.2, 0.25) is 0 Å². The van der Waals surface area contributed by atoms with Gasteiger partial charge in [0.1, 0.15) is 5.75 Å². The fourth-order valence-electron chi connectivity index (χ4n) is 3.64. The van der Waals surface area contributed by atoms with Crippen LogP contribution in [0.15, 0.2) is 41.5 Å². The van der Waals surface area contributed by atoms with Gasteiger partial charge in [0.05, 0.1) is 32.5 Å². The Morgan fingerprint density at radius 3 is 2.09 bits per heavy atom. The summed E-state index contributed by atoms with van der Waals surface area (Å²) in [5, 5.41) is 13.3. The van der Waals surface area contributed by atoms with Crippen LogP contribution < -0.4 is 4.74 Å². The molecule has 0 aliphatic heterocycles. The van der Waals surface area contributed by atoms with Crippen molar-refractivity contribution in [2.45, 2.75) is 103 Å². The van der Waals surface area contributed by atoms with Gasteiger partial charge in [-0.25, -0.2) is 0 Å². The first-order valence-electron chi connectivity index (χ1n) is 12.3. The maximum absolute atomic E-state index is 9.60. The van der Waals surface area contributed by atoms with E-state index >= 15 is 0 Å². The number of methoxy groups -OCH3 is 1. The van der Waals surface area contributed by atoms with Crippen molar-refractivity contribution < 1.29 is 14.6 Å². The largest absolute Gasteiger partial charge is 0.497 e. The Morgan fingerprint density at radius 2 is 1.56 bits per heavy atom. The van der Waals surface area contributed by atoms with Crippen molar-refractivity contribution in [2.75, 3.05) is 13.7 Å². The Kier molecular flexibility index (Phi) is 17.2. The highest BCUT2D eigenvalue weighted by atomic mass is 16.5. The molecule has 0 spiro atoms. The predicted octanol–water partition coefficient (Wildman–Crippen LogP) is 7.51. The maximum Gasteiger partial charge on any atom is 0.118 e. The summed E-state index contributed by atoms with van der Waals surface area (Å²) in [6, 6.07) is 7.00. The number of aliphatic hydroxyl groups excluding tert-OH is 1. The summed E-state index contributed by atoms with van der Waals surface area (Å²) in [6.45, 7) is 2.38. The topological polar surface area (TPSA) is 87.5 Å². The van der Waals surface area contributed by atoms with Gasteiger partial charge in [-0.1, -0.05) is 101 Å². The second-order valence-electron chi connectivity index (χ2n) is 8.33. The van der Waals surface area contributed by atoms with Crippen LogP contribution in [0.3, 0.4) is 0 Å². The van der Waals surface area contributed by atoms with Crippen molar-refractivity contribution in [1.29, 1.82) is 0 Å². The fourth-order valence-corrected chi connectivity index (χ4v) is 3.64. The van der Waals surface area contributed by atoms with E-state index in [1.165, 1.54) is 64.2 Å². The number of rotatable bonds is 20. The average molecular weight is 446 g/mol. The monoisotopic (exact) mass is 445 g/mol. The van der Waals surface area contributed by atoms with E-state index in [1.54, 1.807) is 7.11 Å². The highest BCUT2D eigenvalue weighted by molar-refractivity contribution is 5.26. The first kappa shape index (κ1) is 28.0. The van der Waals surface area contributed by atoms with E-state index in [0.29, 0.717) is 6.61 Å². The van der Waals surface area contributed by atoms with Gasteiger partial charge in [0.15, 0.2) is 0 Å². The lowest BCUT2D eigenvalue weighted by molar-refractivity contribution is 0.0403. The molecule has 180 valence electrons. The first-order valence-corrected chi connectivity index (χ1v) is 12.3. The standard InChI is InChI=1S/C26H43N3O3/c1-3-4-5-6-7-8-9-10-11-12-13-14-15-16-26(25(21-30)28-29-27)32-22-23-17-19-24(31-2)20-18-23/h15-20,25-26,30H,3-14,21-22H2,1-2H3/b16-15+/t25-,26+/m0/s1. The van der Waals surface area contributed by atoms with Crippen LogP contribution in [0.4, 0.5) is 0 Å². The van der Waals surface area contributed by atoms with Gasteiger partial charge < -0.3 is 14.6 Å². The normalized spacial score (nSPS) is 13.1. The second kappa shape index (κ2) is 19.7. The van der Waals surface area contributed by atoms with Crippen LogP contribution in [0, 0.1) is 0 Å². The number of benzene rings is 1. The molecular formula is C26H43N3O3. The van der Waals surface area contributed by atoms with Gasteiger partial charge in [-0.3, -0.25) is 0 Å². The maximum atomic E-state index is 9.60. The fraction of sp³-hybridized carbons (Fsp3) is 0.692. The number of hydrogen-bond acceptors (Lipinski definition) is 4. The Morgan fingerprint density at radius 1 is 0.969 bits per heavy atom. The van der Waals surface area contributed by atoms with Crippen LogP contribution in [0.25, 0.3) is 10.4 Å². The molecule has 1 N–H and O–H groups in total. The van der Waals surface area contributed by atoms with Crippen LogP contribution in [-0.2, 0) is 11.3 Å². The molecule has 0 unspecified atom stereocenters. The quantitative estimate of drug-likeness (QED) is 0.0740. The molecule has 0 fully saturated rings. The molecule has 1 aromatic rings. The third kappa shape index (κ3) is 13.4. The summed E-state index contributed by atoms with van der Waals surface area (Å²) >= 11 is 0. The minimum atomic E-state index is -0.633. The lowest BCUT2D eigenvalue weighted by Gasteiger charge is -2.19. The van der Waals surface area contributed by atoms with E-state index in [4.69, 9.17) is 15.0 Å². The number of azide groups is 1. The Bertz CT molecular complexity index is 642. The molecule has 1 aromatic carbocycles. The summed E-state index contributed by atoms with van der Waals surface area (Å²) in [4.78, 5) is 2.85. The van der Waals surface area contributed by atoms with E-state index in [2.05, 4.69) is 23.0 Å². The molecule has 0 aliphatic rings. The van der Waals surface area contributed by atoms with E-state index in [-0.39, 0.29) is 6.61 Å². The Balaban J connectivity index is 2.30. The molecule has 6 heteroatoms. The zero-order valence-corrected chi connectivity index (χ0v) is 20.1. The van der Waals surface area contributed by atoms with Crippen LogP contribution in [0.1, 0.15) is 89.5 Å². The van der Waals surface area contributed by atoms with Crippen LogP contribution in [-0.4, -0.2) is 31.0 Å². The van der Waals surface area contributed by atoms with Crippen molar-refractivity contribution in [3.8, 4) is 5.75 Å². The minimum Gasteiger partial charge on any atom is -0.497 e. The average Bonchev–Trinajstić information content (AvgIpc) is 2.83. The molecule has 0 amide bonds. The van der Waals surface area contributed by atoms with Crippen molar-refractivity contribution in [3.05, 3.63) is 52.4 Å². The minimum absolute atomic E-state index is 0.250. The van der Waals surface area contributed by atoms with E-state index in [9.17, 15) is 5.11 Å². The van der Waals surface area contributed by atoms with Crippen LogP contribution >= 0.6 is 0 Å². The van der Waals surface area contributed by atoms with Gasteiger partial charge in [-0.05, 0) is 36.1 Å². The summed E-state index contributed by atoms with van der Waals surface area (Å²) < 4.78 is 11.1. The molecule has 0 aliphatic carbocycles. The third-order valence-corrected chi connectivity index (χ3v) is 5.67. The van der Waals surface area contributed by atoms with Gasteiger partial charge in [-0.2, -0.15) is 0 Å². The summed E-state index contributed by atoms with van der Waals surface area (Å²) in [7, 11) is 1.63. The smallest absolute Gasteiger partial charge is 0.118 e. The lowest BCUT2D eigenvalue weighted by Crippen LogP contribution is -2.28. The van der Waals surface area contributed by atoms with Gasteiger partial charge in [0.25, 0.3) is 0 Å². The first-order chi connectivity index (χ1) is 15.7. The lowest BCUT2D eigenvalue weighted by atomic mass is 10.0. The number of aliphatic hydroxyl groups is 1. The Hall–Kier alpha value is -2.01. The number of ether oxygens (including phenoxy) is 2. The molecule has 6 nitrogen and oxygen atoms in total. The molecule has 0 saturated carbocycles. The van der Waals surface area contributed by atoms with E-state index in [1.807, 2.05) is 30.3 Å². The zero-order valence-electron chi connectivity index (χ0n) is 20.1. The SMILES string of the molecule is CCCCCCCCCCCCC/C=C/[C@@H](OCc1ccc(OC)cc1)[C@H](CO)N=[N+]=[N-]. The highest BCUT2D eigenvalue weighted by Gasteiger charge is 2.18. The molecular weight excluding hydrogens is 402 g/mol. The van der Waals surface area contributed by atoms with Crippen LogP contribution in [0.5, 0.6) is 5.75 Å². The zero-order chi connectivity index (χ0) is 23.3. The Labute approximate surface area is 194 Å². The van der Waals surface area contributed by atoms with E-state index in [0.717, 1.165) is 24.2 Å². The molecule has 32 heavy (non-hydrogen) atoms. The molecule has 0 aromatic heterocycles. The number of hydrogen-bond donors (Lipinski definition) is 1. The van der Waals surface area contributed by atoms with Crippen molar-refractivity contribution in [3.63, 3.8) is 0 Å². The van der Waals surface area contributed by atoms with Crippen molar-refractivity contribution in [1.82, 2.24) is 0 Å². The number of nitrogens with zero attached hydrogens (tertiary/aromatic N) is 3. The molecule has 0 bridgehead atoms. The number of unbranched alkanes of at least 4 members (excludes halogenated alkanes) is 11. The molecule has 1 rings (SSSR count). The van der Waals surface area contributed by atoms with E-state index < -0.39 is 12.1 Å². The van der Waals surface area contributed by atoms with Crippen molar-refractivity contribution >= 4 is 0 Å². The highest BCUT2D eigenvalue weighted by Crippen LogP contribution is 2.16. The summed E-state index contributed by atoms with van der Waals surface area (Å²) in [6.07, 6.45) is 19.1. The second-order valence-corrected chi connectivity index (χ2v) is 8.33. The third-order valence-electron chi connectivity index (χ3n) is 5.67. The van der Waals surface area contributed by atoms with Gasteiger partial charge in [-0.15, -0.1) is 0 Å². The van der Waals surface area contributed by atoms with Crippen molar-refractivity contribution in [2.24, 2.45) is 5.11 Å².